The Hall–Kier alpha value is -5.61. The zero-order valence-electron chi connectivity index (χ0n) is 47.1. The molecule has 9 nitrogen and oxygen atoms in total. The van der Waals surface area contributed by atoms with Crippen LogP contribution in [0.25, 0.3) is 0 Å². The number of carboxylic acids is 1. The van der Waals surface area contributed by atoms with E-state index in [-0.39, 0.29) is 32.7 Å². The highest BCUT2D eigenvalue weighted by atomic mass is 16.7. The Balaban J connectivity index is 4.53. The van der Waals surface area contributed by atoms with Gasteiger partial charge in [-0.25, -0.2) is 4.79 Å². The number of esters is 2. The Bertz CT molecular complexity index is 1870. The second-order valence-electron chi connectivity index (χ2n) is 18.8. The Morgan fingerprint density at radius 1 is 0.400 bits per heavy atom. The summed E-state index contributed by atoms with van der Waals surface area (Å²) in [5.41, 5.74) is 0. The maximum atomic E-state index is 12.8. The van der Waals surface area contributed by atoms with E-state index in [1.807, 2.05) is 27.2 Å². The first-order valence-corrected chi connectivity index (χ1v) is 27.9. The van der Waals surface area contributed by atoms with E-state index in [1.54, 1.807) is 0 Å². The SMILES string of the molecule is CC/C=C\C/C=C\C/C=C\C/C=C\C/C=C\C/C=C\C/C=C\C/C=C\C/C=C\CCCC(=O)OC(COC(=O)CCCC/C=C\C/C=C\C/C=C\C/C=C\C/C=C\C/C=C\CC)COC(OCC[N+](C)(C)C)C(=O)O. The first-order valence-electron chi connectivity index (χ1n) is 27.9. The van der Waals surface area contributed by atoms with Gasteiger partial charge in [-0.15, -0.1) is 0 Å². The third-order valence-electron chi connectivity index (χ3n) is 10.7. The lowest BCUT2D eigenvalue weighted by Gasteiger charge is -2.25. The van der Waals surface area contributed by atoms with E-state index in [4.69, 9.17) is 18.9 Å². The van der Waals surface area contributed by atoms with E-state index in [0.29, 0.717) is 30.3 Å². The highest BCUT2D eigenvalue weighted by molar-refractivity contribution is 5.71. The molecule has 0 aromatic rings. The van der Waals surface area contributed by atoms with Crippen LogP contribution in [-0.2, 0) is 33.3 Å². The first-order chi connectivity index (χ1) is 36.6. The summed E-state index contributed by atoms with van der Waals surface area (Å²) in [7, 11) is 5.91. The largest absolute Gasteiger partial charge is 0.477 e. The number of rotatable bonds is 48. The van der Waals surface area contributed by atoms with Gasteiger partial charge in [0.1, 0.15) is 13.2 Å². The summed E-state index contributed by atoms with van der Waals surface area (Å²) < 4.78 is 22.7. The third-order valence-corrected chi connectivity index (χ3v) is 10.7. The van der Waals surface area contributed by atoms with E-state index >= 15 is 0 Å². The van der Waals surface area contributed by atoms with Crippen LogP contribution in [0, 0.1) is 0 Å². The molecule has 0 bridgehead atoms. The summed E-state index contributed by atoms with van der Waals surface area (Å²) in [6, 6.07) is 0. The highest BCUT2D eigenvalue weighted by Gasteiger charge is 2.25. The number of ether oxygens (including phenoxy) is 4. The van der Waals surface area contributed by atoms with Gasteiger partial charge in [-0.1, -0.05) is 196 Å². The van der Waals surface area contributed by atoms with E-state index in [0.717, 1.165) is 109 Å². The molecule has 0 rings (SSSR count). The van der Waals surface area contributed by atoms with Crippen molar-refractivity contribution in [3.63, 3.8) is 0 Å². The molecule has 0 spiro atoms. The molecule has 0 fully saturated rings. The predicted octanol–water partition coefficient (Wildman–Crippen LogP) is 16.6. The fourth-order valence-electron chi connectivity index (χ4n) is 6.43. The number of unbranched alkanes of at least 4 members (excludes halogenated alkanes) is 3. The minimum atomic E-state index is -1.55. The maximum absolute atomic E-state index is 12.8. The fourth-order valence-corrected chi connectivity index (χ4v) is 6.43. The lowest BCUT2D eigenvalue weighted by atomic mass is 10.2. The van der Waals surface area contributed by atoms with E-state index in [1.165, 1.54) is 0 Å². The molecule has 75 heavy (non-hydrogen) atoms. The molecule has 0 aliphatic heterocycles. The van der Waals surface area contributed by atoms with Crippen LogP contribution >= 0.6 is 0 Å². The lowest BCUT2D eigenvalue weighted by molar-refractivity contribution is -0.870. The van der Waals surface area contributed by atoms with E-state index in [9.17, 15) is 19.5 Å². The summed E-state index contributed by atoms with van der Waals surface area (Å²) >= 11 is 0. The molecule has 0 aliphatic rings. The molecule has 0 aromatic carbocycles. The molecule has 0 heterocycles. The van der Waals surface area contributed by atoms with Crippen LogP contribution in [0.3, 0.4) is 0 Å². The van der Waals surface area contributed by atoms with Crippen LogP contribution in [0.4, 0.5) is 0 Å². The zero-order chi connectivity index (χ0) is 54.8. The van der Waals surface area contributed by atoms with Crippen molar-refractivity contribution in [1.82, 2.24) is 0 Å². The van der Waals surface area contributed by atoms with Gasteiger partial charge in [-0.05, 0) is 128 Å². The molecular formula is C66H100NO8+. The summed E-state index contributed by atoms with van der Waals surface area (Å²) in [5.74, 6) is -2.18. The molecule has 416 valence electrons. The second kappa shape index (κ2) is 54.6. The van der Waals surface area contributed by atoms with Crippen molar-refractivity contribution in [3.05, 3.63) is 182 Å². The van der Waals surface area contributed by atoms with Gasteiger partial charge in [-0.3, -0.25) is 9.59 Å². The molecule has 0 saturated heterocycles. The standard InChI is InChI=1S/C66H99NO8/c1-6-8-10-12-14-16-18-20-22-24-26-28-29-30-31-32-33-34-35-37-39-41-43-45-47-49-51-53-55-57-64(69)75-62(61-74-66(65(70)71)72-59-58-67(3,4)5)60-73-63(68)56-54-52-50-48-46-44-42-40-38-36-27-25-23-21-19-17-15-13-11-9-7-2/h8-11,14-17,20-23,26-28,30-31,33-34,36-37,39-40,42-43,45-46,48-49,51,62,66H,6-7,12-13,18-19,24-25,29,32,35,38,41,44,47,50,52-61H2,1-5H3/p+1/b10-8-,11-9-,16-14-,17-15-,22-20-,23-21-,28-26-,31-30-,34-33-,36-27-,39-37-,42-40-,45-43-,48-46-,51-49-. The van der Waals surface area contributed by atoms with Gasteiger partial charge in [0.25, 0.3) is 6.29 Å². The number of nitrogens with zero attached hydrogens (tertiary/aromatic N) is 1. The highest BCUT2D eigenvalue weighted by Crippen LogP contribution is 2.10. The van der Waals surface area contributed by atoms with E-state index < -0.39 is 30.3 Å². The van der Waals surface area contributed by atoms with Gasteiger partial charge >= 0.3 is 17.9 Å². The Labute approximate surface area is 456 Å². The summed E-state index contributed by atoms with van der Waals surface area (Å²) in [5, 5.41) is 9.69. The number of hydrogen-bond donors (Lipinski definition) is 1. The molecule has 0 aliphatic carbocycles. The maximum Gasteiger partial charge on any atom is 0.361 e. The van der Waals surface area contributed by atoms with Crippen molar-refractivity contribution >= 4 is 17.9 Å². The van der Waals surface area contributed by atoms with Crippen LogP contribution in [0.2, 0.25) is 0 Å². The normalized spacial score (nSPS) is 14.2. The topological polar surface area (TPSA) is 108 Å². The smallest absolute Gasteiger partial charge is 0.361 e. The molecule has 0 amide bonds. The molecule has 0 radical (unpaired) electrons. The van der Waals surface area contributed by atoms with Crippen molar-refractivity contribution in [2.24, 2.45) is 0 Å². The van der Waals surface area contributed by atoms with Crippen LogP contribution < -0.4 is 0 Å². The van der Waals surface area contributed by atoms with Gasteiger partial charge in [0.05, 0.1) is 34.4 Å². The number of allylic oxidation sites excluding steroid dienone is 30. The quantitative estimate of drug-likeness (QED) is 0.0211. The third kappa shape index (κ3) is 56.0. The minimum Gasteiger partial charge on any atom is -0.477 e. The van der Waals surface area contributed by atoms with E-state index in [2.05, 4.69) is 190 Å². The van der Waals surface area contributed by atoms with Crippen molar-refractivity contribution < 1.29 is 42.9 Å². The molecule has 0 aromatic heterocycles. The fraction of sp³-hybridized carbons (Fsp3) is 0.500. The van der Waals surface area contributed by atoms with Gasteiger partial charge in [0, 0.05) is 12.8 Å². The number of carboxylic acid groups (broad SMARTS) is 1. The van der Waals surface area contributed by atoms with Crippen LogP contribution in [0.5, 0.6) is 0 Å². The zero-order valence-corrected chi connectivity index (χ0v) is 47.1. The summed E-state index contributed by atoms with van der Waals surface area (Å²) in [4.78, 5) is 37.4. The summed E-state index contributed by atoms with van der Waals surface area (Å²) in [6.07, 6.45) is 81.2. The summed E-state index contributed by atoms with van der Waals surface area (Å²) in [6.45, 7) is 4.48. The second-order valence-corrected chi connectivity index (χ2v) is 18.8. The molecule has 2 atom stereocenters. The Morgan fingerprint density at radius 2 is 0.720 bits per heavy atom. The number of aliphatic carboxylic acids is 1. The molecule has 9 heteroatoms. The van der Waals surface area contributed by atoms with Crippen molar-refractivity contribution in [1.29, 1.82) is 0 Å². The minimum absolute atomic E-state index is 0.156. The predicted molar refractivity (Wildman–Crippen MR) is 317 cm³/mol. The monoisotopic (exact) mass is 1030 g/mol. The van der Waals surface area contributed by atoms with Gasteiger partial charge < -0.3 is 28.5 Å². The Kier molecular flexibility index (Phi) is 50.6. The Morgan fingerprint density at radius 3 is 1.05 bits per heavy atom. The van der Waals surface area contributed by atoms with Crippen LogP contribution in [-0.4, -0.2) is 87.4 Å². The van der Waals surface area contributed by atoms with Gasteiger partial charge in [-0.2, -0.15) is 0 Å². The van der Waals surface area contributed by atoms with Gasteiger partial charge in [0.2, 0.25) is 0 Å². The average molecular weight is 1040 g/mol. The number of carbonyl (C=O) groups is 3. The molecular weight excluding hydrogens is 935 g/mol. The number of likely N-dealkylation sites (N-methyl/N-ethyl adjacent to an activating group) is 1. The van der Waals surface area contributed by atoms with Crippen LogP contribution in [0.1, 0.15) is 155 Å². The van der Waals surface area contributed by atoms with Crippen LogP contribution in [0.15, 0.2) is 182 Å². The number of carbonyl (C=O) groups excluding carboxylic acids is 2. The molecule has 0 saturated carbocycles. The first kappa shape index (κ1) is 69.4. The van der Waals surface area contributed by atoms with Gasteiger partial charge in [0.15, 0.2) is 6.10 Å². The lowest BCUT2D eigenvalue weighted by Crippen LogP contribution is -2.40. The molecule has 2 unspecified atom stereocenters. The van der Waals surface area contributed by atoms with Crippen molar-refractivity contribution in [2.45, 2.75) is 167 Å². The van der Waals surface area contributed by atoms with Crippen molar-refractivity contribution in [3.8, 4) is 0 Å². The molecule has 1 N–H and O–H groups in total. The number of quaternary nitrogens is 1. The van der Waals surface area contributed by atoms with Crippen molar-refractivity contribution in [2.75, 3.05) is 47.5 Å². The average Bonchev–Trinajstić information content (AvgIpc) is 3.38. The number of hydrogen-bond acceptors (Lipinski definition) is 7.